The van der Waals surface area contributed by atoms with Crippen LogP contribution in [0, 0.1) is 5.92 Å². The quantitative estimate of drug-likeness (QED) is 0.780. The van der Waals surface area contributed by atoms with E-state index >= 15 is 0 Å². The predicted octanol–water partition coefficient (Wildman–Crippen LogP) is 1.64. The standard InChI is InChI=1S/C11H14ClNO/c12-11-4-2-1-3-9(11)10-6-13-5-8(10)7-14/h1-4,8,10,13-14H,5-7H2. The molecule has 1 fully saturated rings. The third-order valence-electron chi connectivity index (χ3n) is 2.88. The second-order valence-corrected chi connectivity index (χ2v) is 4.14. The fourth-order valence-corrected chi connectivity index (χ4v) is 2.34. The van der Waals surface area contributed by atoms with Gasteiger partial charge in [0.2, 0.25) is 0 Å². The van der Waals surface area contributed by atoms with E-state index in [4.69, 9.17) is 11.6 Å². The molecule has 0 bridgehead atoms. The molecule has 2 atom stereocenters. The molecule has 0 saturated carbocycles. The number of rotatable bonds is 2. The van der Waals surface area contributed by atoms with Gasteiger partial charge in [0, 0.05) is 36.6 Å². The van der Waals surface area contributed by atoms with Gasteiger partial charge in [-0.05, 0) is 11.6 Å². The maximum absolute atomic E-state index is 9.21. The first-order valence-corrected chi connectivity index (χ1v) is 5.26. The van der Waals surface area contributed by atoms with Gasteiger partial charge in [0.1, 0.15) is 0 Å². The fraction of sp³-hybridized carbons (Fsp3) is 0.455. The Balaban J connectivity index is 2.26. The van der Waals surface area contributed by atoms with Crippen LogP contribution < -0.4 is 5.32 Å². The van der Waals surface area contributed by atoms with Crippen LogP contribution >= 0.6 is 11.6 Å². The minimum atomic E-state index is 0.225. The molecule has 1 heterocycles. The number of halogens is 1. The molecular weight excluding hydrogens is 198 g/mol. The van der Waals surface area contributed by atoms with Crippen molar-refractivity contribution in [3.05, 3.63) is 34.9 Å². The lowest BCUT2D eigenvalue weighted by Gasteiger charge is -2.17. The van der Waals surface area contributed by atoms with E-state index in [-0.39, 0.29) is 6.61 Å². The van der Waals surface area contributed by atoms with Crippen LogP contribution in [0.1, 0.15) is 11.5 Å². The van der Waals surface area contributed by atoms with E-state index in [1.54, 1.807) is 0 Å². The SMILES string of the molecule is OCC1CNCC1c1ccccc1Cl. The molecule has 1 aromatic rings. The van der Waals surface area contributed by atoms with Crippen molar-refractivity contribution in [1.82, 2.24) is 5.32 Å². The Bertz CT molecular complexity index is 316. The third-order valence-corrected chi connectivity index (χ3v) is 3.22. The van der Waals surface area contributed by atoms with Gasteiger partial charge >= 0.3 is 0 Å². The van der Waals surface area contributed by atoms with Gasteiger partial charge in [0.15, 0.2) is 0 Å². The van der Waals surface area contributed by atoms with Crippen LogP contribution in [0.3, 0.4) is 0 Å². The Kier molecular flexibility index (Phi) is 3.06. The molecule has 1 aromatic carbocycles. The van der Waals surface area contributed by atoms with Crippen LogP contribution in [0.25, 0.3) is 0 Å². The van der Waals surface area contributed by atoms with Gasteiger partial charge in [-0.1, -0.05) is 29.8 Å². The Morgan fingerprint density at radius 3 is 2.86 bits per heavy atom. The van der Waals surface area contributed by atoms with Crippen molar-refractivity contribution in [2.75, 3.05) is 19.7 Å². The van der Waals surface area contributed by atoms with E-state index in [1.165, 1.54) is 0 Å². The number of nitrogens with one attached hydrogen (secondary N) is 1. The van der Waals surface area contributed by atoms with Crippen LogP contribution in [0.15, 0.2) is 24.3 Å². The average molecular weight is 212 g/mol. The van der Waals surface area contributed by atoms with E-state index in [1.807, 2.05) is 24.3 Å². The van der Waals surface area contributed by atoms with Crippen LogP contribution in [0.5, 0.6) is 0 Å². The maximum atomic E-state index is 9.21. The summed E-state index contributed by atoms with van der Waals surface area (Å²) in [5, 5.41) is 13.3. The average Bonchev–Trinajstić information content (AvgIpc) is 2.66. The topological polar surface area (TPSA) is 32.3 Å². The smallest absolute Gasteiger partial charge is 0.0477 e. The molecule has 1 aliphatic heterocycles. The van der Waals surface area contributed by atoms with Crippen LogP contribution in [-0.2, 0) is 0 Å². The Hall–Kier alpha value is -0.570. The highest BCUT2D eigenvalue weighted by molar-refractivity contribution is 6.31. The lowest BCUT2D eigenvalue weighted by atomic mass is 9.89. The molecule has 1 aliphatic rings. The van der Waals surface area contributed by atoms with E-state index in [0.29, 0.717) is 11.8 Å². The van der Waals surface area contributed by atoms with Gasteiger partial charge in [-0.3, -0.25) is 0 Å². The van der Waals surface area contributed by atoms with Crippen molar-refractivity contribution >= 4 is 11.6 Å². The van der Waals surface area contributed by atoms with Crippen LogP contribution in [0.2, 0.25) is 5.02 Å². The molecule has 0 aromatic heterocycles. The van der Waals surface area contributed by atoms with Gasteiger partial charge in [0.25, 0.3) is 0 Å². The summed E-state index contributed by atoms with van der Waals surface area (Å²) in [6.45, 7) is 2.02. The van der Waals surface area contributed by atoms with Gasteiger partial charge in [0.05, 0.1) is 0 Å². The monoisotopic (exact) mass is 211 g/mol. The van der Waals surface area contributed by atoms with E-state index in [9.17, 15) is 5.11 Å². The molecule has 0 aliphatic carbocycles. The fourth-order valence-electron chi connectivity index (χ4n) is 2.06. The molecule has 0 spiro atoms. The van der Waals surface area contributed by atoms with E-state index in [2.05, 4.69) is 5.32 Å². The lowest BCUT2D eigenvalue weighted by Crippen LogP contribution is -2.15. The molecule has 2 N–H and O–H groups in total. The molecule has 2 nitrogen and oxygen atoms in total. The Morgan fingerprint density at radius 2 is 2.14 bits per heavy atom. The van der Waals surface area contributed by atoms with Crippen molar-refractivity contribution in [2.24, 2.45) is 5.92 Å². The highest BCUT2D eigenvalue weighted by atomic mass is 35.5. The largest absolute Gasteiger partial charge is 0.396 e. The predicted molar refractivity (Wildman–Crippen MR) is 57.6 cm³/mol. The molecule has 14 heavy (non-hydrogen) atoms. The summed E-state index contributed by atoms with van der Waals surface area (Å²) < 4.78 is 0. The number of aliphatic hydroxyl groups is 1. The number of hydrogen-bond donors (Lipinski definition) is 2. The van der Waals surface area contributed by atoms with E-state index < -0.39 is 0 Å². The maximum Gasteiger partial charge on any atom is 0.0477 e. The molecule has 3 heteroatoms. The normalized spacial score (nSPS) is 26.7. The molecule has 1 saturated heterocycles. The van der Waals surface area contributed by atoms with Crippen molar-refractivity contribution in [3.63, 3.8) is 0 Å². The lowest BCUT2D eigenvalue weighted by molar-refractivity contribution is 0.226. The summed E-state index contributed by atoms with van der Waals surface area (Å²) in [6, 6.07) is 7.88. The van der Waals surface area contributed by atoms with Crippen LogP contribution in [-0.4, -0.2) is 24.8 Å². The minimum absolute atomic E-state index is 0.225. The number of benzene rings is 1. The van der Waals surface area contributed by atoms with Crippen molar-refractivity contribution in [1.29, 1.82) is 0 Å². The van der Waals surface area contributed by atoms with Crippen molar-refractivity contribution in [3.8, 4) is 0 Å². The van der Waals surface area contributed by atoms with Gasteiger partial charge in [-0.2, -0.15) is 0 Å². The summed E-state index contributed by atoms with van der Waals surface area (Å²) in [6.07, 6.45) is 0. The van der Waals surface area contributed by atoms with Crippen molar-refractivity contribution in [2.45, 2.75) is 5.92 Å². The minimum Gasteiger partial charge on any atom is -0.396 e. The Labute approximate surface area is 88.9 Å². The first-order chi connectivity index (χ1) is 6.83. The summed E-state index contributed by atoms with van der Waals surface area (Å²) in [5.74, 6) is 0.656. The second-order valence-electron chi connectivity index (χ2n) is 3.73. The number of hydrogen-bond acceptors (Lipinski definition) is 2. The zero-order valence-corrected chi connectivity index (χ0v) is 8.67. The Morgan fingerprint density at radius 1 is 1.36 bits per heavy atom. The zero-order valence-electron chi connectivity index (χ0n) is 7.91. The molecule has 2 unspecified atom stereocenters. The number of aliphatic hydroxyl groups excluding tert-OH is 1. The van der Waals surface area contributed by atoms with Crippen molar-refractivity contribution < 1.29 is 5.11 Å². The second kappa shape index (κ2) is 4.30. The summed E-state index contributed by atoms with van der Waals surface area (Å²) >= 11 is 6.12. The van der Waals surface area contributed by atoms with Crippen LogP contribution in [0.4, 0.5) is 0 Å². The molecule has 0 radical (unpaired) electrons. The van der Waals surface area contributed by atoms with Gasteiger partial charge in [-0.25, -0.2) is 0 Å². The molecule has 0 amide bonds. The molecular formula is C11H14ClNO. The van der Waals surface area contributed by atoms with Gasteiger partial charge < -0.3 is 10.4 Å². The summed E-state index contributed by atoms with van der Waals surface area (Å²) in [7, 11) is 0. The molecule has 2 rings (SSSR count). The zero-order chi connectivity index (χ0) is 9.97. The third kappa shape index (κ3) is 1.78. The summed E-state index contributed by atoms with van der Waals surface area (Å²) in [5.41, 5.74) is 1.15. The first kappa shape index (κ1) is 9.97. The molecule has 76 valence electrons. The van der Waals surface area contributed by atoms with Gasteiger partial charge in [-0.15, -0.1) is 0 Å². The summed E-state index contributed by atoms with van der Waals surface area (Å²) in [4.78, 5) is 0. The highest BCUT2D eigenvalue weighted by Gasteiger charge is 2.28. The van der Waals surface area contributed by atoms with E-state index in [0.717, 1.165) is 23.7 Å². The highest BCUT2D eigenvalue weighted by Crippen LogP contribution is 2.32. The first-order valence-electron chi connectivity index (χ1n) is 4.89.